The monoisotopic (exact) mass is 334 g/mol. The highest BCUT2D eigenvalue weighted by molar-refractivity contribution is 7.99. The van der Waals surface area contributed by atoms with Crippen molar-refractivity contribution in [2.45, 2.75) is 9.92 Å². The molecule has 0 aliphatic heterocycles. The number of aromatic nitrogens is 1. The van der Waals surface area contributed by atoms with Gasteiger partial charge in [-0.05, 0) is 30.3 Å². The molecule has 1 heterocycles. The molecule has 0 unspecified atom stereocenters. The first kappa shape index (κ1) is 16.3. The molecule has 23 heavy (non-hydrogen) atoms. The summed E-state index contributed by atoms with van der Waals surface area (Å²) >= 11 is 1.03. The quantitative estimate of drug-likeness (QED) is 0.620. The zero-order valence-corrected chi connectivity index (χ0v) is 12.2. The number of carboxylic acids is 2. The fourth-order valence-corrected chi connectivity index (χ4v) is 2.45. The molecule has 0 aliphatic carbocycles. The molecule has 118 valence electrons. The van der Waals surface area contributed by atoms with Crippen LogP contribution in [0.3, 0.4) is 0 Å². The Morgan fingerprint density at radius 1 is 1.13 bits per heavy atom. The van der Waals surface area contributed by atoms with Gasteiger partial charge in [0.05, 0.1) is 11.3 Å². The number of aliphatic carboxylic acids is 1. The smallest absolute Gasteiger partial charge is 0.394 e. The van der Waals surface area contributed by atoms with Crippen molar-refractivity contribution in [3.05, 3.63) is 42.1 Å². The van der Waals surface area contributed by atoms with Crippen molar-refractivity contribution in [1.29, 1.82) is 0 Å². The number of pyridine rings is 1. The van der Waals surface area contributed by atoms with Crippen molar-refractivity contribution in [2.75, 3.05) is 5.32 Å². The van der Waals surface area contributed by atoms with E-state index in [0.717, 1.165) is 11.8 Å². The second-order valence-corrected chi connectivity index (χ2v) is 5.26. The molecule has 1 aromatic carbocycles. The predicted octanol–water partition coefficient (Wildman–Crippen LogP) is 1.66. The summed E-state index contributed by atoms with van der Waals surface area (Å²) in [6.45, 7) is 0. The fraction of sp³-hybridized carbons (Fsp3) is 0. The molecule has 0 spiro atoms. The van der Waals surface area contributed by atoms with Crippen LogP contribution in [0.15, 0.2) is 46.5 Å². The van der Waals surface area contributed by atoms with Gasteiger partial charge in [0, 0.05) is 11.1 Å². The molecule has 0 atom stereocenters. The van der Waals surface area contributed by atoms with Crippen LogP contribution in [0.4, 0.5) is 5.69 Å². The molecule has 2 aromatic rings. The van der Waals surface area contributed by atoms with E-state index >= 15 is 0 Å². The summed E-state index contributed by atoms with van der Waals surface area (Å²) in [7, 11) is 0. The second-order valence-electron chi connectivity index (χ2n) is 4.20. The molecule has 1 amide bonds. The number of carbonyl (C=O) groups excluding carboxylic acids is 1. The van der Waals surface area contributed by atoms with Gasteiger partial charge in [0.25, 0.3) is 0 Å². The highest BCUT2D eigenvalue weighted by atomic mass is 32.2. The van der Waals surface area contributed by atoms with E-state index in [9.17, 15) is 19.5 Å². The van der Waals surface area contributed by atoms with E-state index in [1.165, 1.54) is 30.5 Å². The Hall–Kier alpha value is -3.07. The van der Waals surface area contributed by atoms with Gasteiger partial charge < -0.3 is 20.6 Å². The van der Waals surface area contributed by atoms with Gasteiger partial charge in [-0.2, -0.15) is 0 Å². The number of nitrogens with one attached hydrogen (secondary N) is 1. The molecule has 4 N–H and O–H groups in total. The van der Waals surface area contributed by atoms with E-state index in [0.29, 0.717) is 4.90 Å². The van der Waals surface area contributed by atoms with Gasteiger partial charge in [0.15, 0.2) is 0 Å². The summed E-state index contributed by atoms with van der Waals surface area (Å²) in [4.78, 5) is 37.4. The normalized spacial score (nSPS) is 10.1. The van der Waals surface area contributed by atoms with Crippen molar-refractivity contribution in [2.24, 2.45) is 0 Å². The minimum atomic E-state index is -1.73. The van der Waals surface area contributed by atoms with Crippen LogP contribution in [0.1, 0.15) is 10.4 Å². The van der Waals surface area contributed by atoms with E-state index < -0.39 is 17.8 Å². The number of hydrogen-bond donors (Lipinski definition) is 4. The molecule has 1 aromatic heterocycles. The molecule has 0 aliphatic rings. The van der Waals surface area contributed by atoms with E-state index in [1.54, 1.807) is 6.07 Å². The van der Waals surface area contributed by atoms with E-state index in [2.05, 4.69) is 4.98 Å². The van der Waals surface area contributed by atoms with Gasteiger partial charge in [-0.15, -0.1) is 0 Å². The van der Waals surface area contributed by atoms with Crippen LogP contribution in [0.5, 0.6) is 5.75 Å². The molecule has 2 rings (SSSR count). The Balaban J connectivity index is 2.36. The number of aromatic hydroxyl groups is 1. The molecular formula is C14H10N2O6S. The van der Waals surface area contributed by atoms with Crippen LogP contribution in [0.2, 0.25) is 0 Å². The van der Waals surface area contributed by atoms with Crippen molar-refractivity contribution < 1.29 is 29.7 Å². The molecule has 0 saturated heterocycles. The summed E-state index contributed by atoms with van der Waals surface area (Å²) in [5.74, 6) is -4.46. The zero-order chi connectivity index (χ0) is 17.0. The largest absolute Gasteiger partial charge is 0.505 e. The number of carboxylic acid groups (broad SMARTS) is 2. The summed E-state index contributed by atoms with van der Waals surface area (Å²) in [6, 6.07) is 6.96. The van der Waals surface area contributed by atoms with Gasteiger partial charge in [-0.1, -0.05) is 11.8 Å². The highest BCUT2D eigenvalue weighted by Gasteiger charge is 2.18. The van der Waals surface area contributed by atoms with Crippen molar-refractivity contribution in [3.8, 4) is 5.75 Å². The van der Waals surface area contributed by atoms with Crippen molar-refractivity contribution >= 4 is 35.3 Å². The van der Waals surface area contributed by atoms with Crippen LogP contribution in [-0.2, 0) is 9.59 Å². The Morgan fingerprint density at radius 2 is 1.87 bits per heavy atom. The Bertz CT molecular complexity index is 793. The van der Waals surface area contributed by atoms with Gasteiger partial charge in [-0.3, -0.25) is 4.79 Å². The third-order valence-electron chi connectivity index (χ3n) is 2.63. The van der Waals surface area contributed by atoms with E-state index in [4.69, 9.17) is 10.2 Å². The Kier molecular flexibility index (Phi) is 4.82. The number of carbonyl (C=O) groups is 3. The predicted molar refractivity (Wildman–Crippen MR) is 79.7 cm³/mol. The average molecular weight is 334 g/mol. The van der Waals surface area contributed by atoms with Crippen molar-refractivity contribution in [3.63, 3.8) is 0 Å². The molecular weight excluding hydrogens is 324 g/mol. The Morgan fingerprint density at radius 3 is 2.48 bits per heavy atom. The number of anilines is 1. The number of aromatic carboxylic acids is 1. The molecule has 0 saturated carbocycles. The lowest BCUT2D eigenvalue weighted by Crippen LogP contribution is -2.23. The average Bonchev–Trinajstić information content (AvgIpc) is 2.49. The van der Waals surface area contributed by atoms with Crippen molar-refractivity contribution in [1.82, 2.24) is 4.98 Å². The molecule has 8 nitrogen and oxygen atoms in total. The molecule has 9 heteroatoms. The van der Waals surface area contributed by atoms with Crippen LogP contribution in [0, 0.1) is 0 Å². The topological polar surface area (TPSA) is 137 Å². The van der Waals surface area contributed by atoms with E-state index in [-0.39, 0.29) is 22.0 Å². The van der Waals surface area contributed by atoms with Gasteiger partial charge in [0.2, 0.25) is 0 Å². The first-order chi connectivity index (χ1) is 10.9. The van der Waals surface area contributed by atoms with Crippen LogP contribution < -0.4 is 5.32 Å². The summed E-state index contributed by atoms with van der Waals surface area (Å²) in [5, 5.41) is 29.7. The van der Waals surface area contributed by atoms with Gasteiger partial charge >= 0.3 is 17.8 Å². The maximum atomic E-state index is 11.2. The number of benzene rings is 1. The summed E-state index contributed by atoms with van der Waals surface area (Å²) in [5.41, 5.74) is -0.417. The number of hydrogen-bond acceptors (Lipinski definition) is 6. The van der Waals surface area contributed by atoms with Crippen LogP contribution in [-0.4, -0.2) is 38.1 Å². The summed E-state index contributed by atoms with van der Waals surface area (Å²) < 4.78 is 0. The Labute approximate surface area is 133 Å². The minimum Gasteiger partial charge on any atom is -0.505 e. The first-order valence-electron chi connectivity index (χ1n) is 6.12. The maximum Gasteiger partial charge on any atom is 0.394 e. The van der Waals surface area contributed by atoms with Crippen LogP contribution >= 0.6 is 11.8 Å². The third-order valence-corrected chi connectivity index (χ3v) is 3.63. The number of nitrogens with zero attached hydrogens (tertiary/aromatic N) is 1. The summed E-state index contributed by atoms with van der Waals surface area (Å²) in [6.07, 6.45) is 1.47. The van der Waals surface area contributed by atoms with Gasteiger partial charge in [0.1, 0.15) is 10.8 Å². The molecule has 0 bridgehead atoms. The zero-order valence-electron chi connectivity index (χ0n) is 11.4. The lowest BCUT2D eigenvalue weighted by atomic mass is 10.2. The number of amides is 1. The van der Waals surface area contributed by atoms with E-state index in [1.807, 2.05) is 5.32 Å². The third kappa shape index (κ3) is 3.98. The number of rotatable bonds is 4. The lowest BCUT2D eigenvalue weighted by molar-refractivity contribution is -0.147. The maximum absolute atomic E-state index is 11.2. The minimum absolute atomic E-state index is 0.0593. The highest BCUT2D eigenvalue weighted by Crippen LogP contribution is 2.34. The second kappa shape index (κ2) is 6.79. The molecule has 0 fully saturated rings. The van der Waals surface area contributed by atoms with Gasteiger partial charge in [-0.25, -0.2) is 14.6 Å². The SMILES string of the molecule is O=C(O)C(=O)Nc1cc(Sc2ncccc2O)ccc1C(=O)O. The lowest BCUT2D eigenvalue weighted by Gasteiger charge is -2.09. The molecule has 0 radical (unpaired) electrons. The first-order valence-corrected chi connectivity index (χ1v) is 6.93. The standard InChI is InChI=1S/C14H10N2O6S/c17-10-2-1-5-15-12(10)23-7-3-4-8(13(19)20)9(6-7)16-11(18)14(21)22/h1-6,17H,(H,16,18)(H,19,20)(H,21,22). The van der Waals surface area contributed by atoms with Crippen LogP contribution in [0.25, 0.3) is 0 Å². The fourth-order valence-electron chi connectivity index (χ4n) is 1.63.